The van der Waals surface area contributed by atoms with Gasteiger partial charge in [0.1, 0.15) is 0 Å². The zero-order valence-electron chi connectivity index (χ0n) is 7.09. The largest absolute Gasteiger partial charge is 0.303 e. The van der Waals surface area contributed by atoms with Crippen molar-refractivity contribution in [2.75, 3.05) is 13.6 Å². The van der Waals surface area contributed by atoms with Crippen LogP contribution in [0, 0.1) is 11.3 Å². The number of rotatable bonds is 4. The summed E-state index contributed by atoms with van der Waals surface area (Å²) in [6.07, 6.45) is 1.79. The molecule has 0 aliphatic heterocycles. The van der Waals surface area contributed by atoms with E-state index >= 15 is 0 Å². The van der Waals surface area contributed by atoms with Gasteiger partial charge in [0.05, 0.1) is 12.5 Å². The van der Waals surface area contributed by atoms with Crippen LogP contribution in [0.4, 0.5) is 0 Å². The van der Waals surface area contributed by atoms with Crippen molar-refractivity contribution in [3.63, 3.8) is 0 Å². The Morgan fingerprint density at radius 1 is 1.60 bits per heavy atom. The fourth-order valence-electron chi connectivity index (χ4n) is 0.861. The molecule has 0 radical (unpaired) electrons. The minimum atomic E-state index is 0.407. The third kappa shape index (κ3) is 3.47. The zero-order valence-corrected chi connectivity index (χ0v) is 7.09. The molecular formula is C8H16N2. The fraction of sp³-hybridized carbons (Fsp3) is 0.875. The van der Waals surface area contributed by atoms with Crippen LogP contribution >= 0.6 is 0 Å². The molecule has 0 bridgehead atoms. The van der Waals surface area contributed by atoms with Crippen molar-refractivity contribution < 1.29 is 0 Å². The topological polar surface area (TPSA) is 27.0 Å². The van der Waals surface area contributed by atoms with Gasteiger partial charge in [-0.3, -0.25) is 0 Å². The first-order valence-electron chi connectivity index (χ1n) is 3.79. The average molecular weight is 140 g/mol. The van der Waals surface area contributed by atoms with Crippen LogP contribution in [-0.4, -0.2) is 24.5 Å². The highest BCUT2D eigenvalue weighted by Gasteiger charge is 2.05. The highest BCUT2D eigenvalue weighted by Crippen LogP contribution is 1.99. The lowest BCUT2D eigenvalue weighted by Crippen LogP contribution is -2.29. The first kappa shape index (κ1) is 9.45. The van der Waals surface area contributed by atoms with Crippen LogP contribution in [0.5, 0.6) is 0 Å². The zero-order chi connectivity index (χ0) is 7.98. The van der Waals surface area contributed by atoms with Gasteiger partial charge < -0.3 is 4.90 Å². The molecule has 0 spiro atoms. The first-order valence-corrected chi connectivity index (χ1v) is 3.79. The lowest BCUT2D eigenvalue weighted by Gasteiger charge is -2.21. The summed E-state index contributed by atoms with van der Waals surface area (Å²) in [6, 6.07) is 2.57. The van der Waals surface area contributed by atoms with Crippen molar-refractivity contribution in [1.82, 2.24) is 4.90 Å². The van der Waals surface area contributed by atoms with Crippen LogP contribution in [0.25, 0.3) is 0 Å². The molecule has 0 fully saturated rings. The molecule has 0 aromatic rings. The molecule has 0 amide bonds. The van der Waals surface area contributed by atoms with Gasteiger partial charge in [0, 0.05) is 6.04 Å². The number of hydrogen-bond acceptors (Lipinski definition) is 2. The summed E-state index contributed by atoms with van der Waals surface area (Å²) >= 11 is 0. The number of nitrogens with zero attached hydrogens (tertiary/aromatic N) is 2. The van der Waals surface area contributed by atoms with E-state index in [0.29, 0.717) is 12.5 Å². The Labute approximate surface area is 63.4 Å². The molecule has 58 valence electrons. The standard InChI is InChI=1S/C8H16N2/c1-4-7-10(3)8(2)5-6-9/h8H,4-5,7H2,1-3H3. The minimum absolute atomic E-state index is 0.407. The monoisotopic (exact) mass is 140 g/mol. The van der Waals surface area contributed by atoms with Crippen molar-refractivity contribution in [3.8, 4) is 6.07 Å². The molecule has 0 N–H and O–H groups in total. The summed E-state index contributed by atoms with van der Waals surface area (Å²) in [6.45, 7) is 5.32. The lowest BCUT2D eigenvalue weighted by atomic mass is 10.2. The van der Waals surface area contributed by atoms with Crippen LogP contribution in [0.15, 0.2) is 0 Å². The van der Waals surface area contributed by atoms with E-state index in [2.05, 4.69) is 31.9 Å². The normalized spacial score (nSPS) is 13.1. The predicted molar refractivity (Wildman–Crippen MR) is 42.6 cm³/mol. The molecule has 1 atom stereocenters. The first-order chi connectivity index (χ1) is 4.72. The molecule has 10 heavy (non-hydrogen) atoms. The van der Waals surface area contributed by atoms with Crippen LogP contribution < -0.4 is 0 Å². The molecule has 0 aliphatic carbocycles. The maximum absolute atomic E-state index is 8.38. The maximum atomic E-state index is 8.38. The summed E-state index contributed by atoms with van der Waals surface area (Å²) in [5.41, 5.74) is 0. The number of nitriles is 1. The van der Waals surface area contributed by atoms with Gasteiger partial charge in [0.2, 0.25) is 0 Å². The molecule has 0 aromatic carbocycles. The van der Waals surface area contributed by atoms with Crippen molar-refractivity contribution >= 4 is 0 Å². The van der Waals surface area contributed by atoms with Gasteiger partial charge in [-0.15, -0.1) is 0 Å². The van der Waals surface area contributed by atoms with Crippen molar-refractivity contribution in [1.29, 1.82) is 5.26 Å². The highest BCUT2D eigenvalue weighted by molar-refractivity contribution is 4.77. The van der Waals surface area contributed by atoms with Crippen molar-refractivity contribution in [3.05, 3.63) is 0 Å². The Morgan fingerprint density at radius 2 is 2.20 bits per heavy atom. The quantitative estimate of drug-likeness (QED) is 0.593. The third-order valence-corrected chi connectivity index (χ3v) is 1.72. The van der Waals surface area contributed by atoms with Crippen LogP contribution in [0.3, 0.4) is 0 Å². The summed E-state index contributed by atoms with van der Waals surface area (Å²) in [5, 5.41) is 8.38. The molecule has 0 saturated heterocycles. The molecule has 0 saturated carbocycles. The predicted octanol–water partition coefficient (Wildman–Crippen LogP) is 1.63. The smallest absolute Gasteiger partial charge is 0.0638 e. The summed E-state index contributed by atoms with van der Waals surface area (Å²) < 4.78 is 0. The molecule has 0 aromatic heterocycles. The van der Waals surface area contributed by atoms with Gasteiger partial charge in [-0.1, -0.05) is 6.92 Å². The van der Waals surface area contributed by atoms with Crippen LogP contribution in [0.2, 0.25) is 0 Å². The van der Waals surface area contributed by atoms with E-state index in [1.165, 1.54) is 0 Å². The van der Waals surface area contributed by atoms with Crippen molar-refractivity contribution in [2.24, 2.45) is 0 Å². The second-order valence-electron chi connectivity index (χ2n) is 2.69. The van der Waals surface area contributed by atoms with E-state index in [4.69, 9.17) is 5.26 Å². The van der Waals surface area contributed by atoms with E-state index in [0.717, 1.165) is 13.0 Å². The Bertz CT molecular complexity index is 115. The van der Waals surface area contributed by atoms with E-state index in [9.17, 15) is 0 Å². The molecule has 2 nitrogen and oxygen atoms in total. The fourth-order valence-corrected chi connectivity index (χ4v) is 0.861. The number of hydrogen-bond donors (Lipinski definition) is 0. The Kier molecular flexibility index (Phi) is 4.96. The summed E-state index contributed by atoms with van der Waals surface area (Å²) in [5.74, 6) is 0. The van der Waals surface area contributed by atoms with Gasteiger partial charge in [-0.2, -0.15) is 5.26 Å². The van der Waals surface area contributed by atoms with Gasteiger partial charge in [0.25, 0.3) is 0 Å². The molecule has 0 aliphatic rings. The molecular weight excluding hydrogens is 124 g/mol. The third-order valence-electron chi connectivity index (χ3n) is 1.72. The maximum Gasteiger partial charge on any atom is 0.0638 e. The Hall–Kier alpha value is -0.550. The SMILES string of the molecule is CCCN(C)C(C)CC#N. The molecule has 1 unspecified atom stereocenters. The molecule has 0 rings (SSSR count). The van der Waals surface area contributed by atoms with Crippen LogP contribution in [0.1, 0.15) is 26.7 Å². The molecule has 2 heteroatoms. The lowest BCUT2D eigenvalue weighted by molar-refractivity contribution is 0.261. The Morgan fingerprint density at radius 3 is 2.60 bits per heavy atom. The minimum Gasteiger partial charge on any atom is -0.303 e. The highest BCUT2D eigenvalue weighted by atomic mass is 15.1. The van der Waals surface area contributed by atoms with E-state index in [1.54, 1.807) is 0 Å². The van der Waals surface area contributed by atoms with Crippen LogP contribution in [-0.2, 0) is 0 Å². The van der Waals surface area contributed by atoms with Gasteiger partial charge in [-0.05, 0) is 26.9 Å². The van der Waals surface area contributed by atoms with E-state index in [1.807, 2.05) is 0 Å². The second kappa shape index (κ2) is 5.25. The Balaban J connectivity index is 3.50. The molecule has 0 heterocycles. The summed E-state index contributed by atoms with van der Waals surface area (Å²) in [4.78, 5) is 2.21. The average Bonchev–Trinajstić information content (AvgIpc) is 1.89. The van der Waals surface area contributed by atoms with Gasteiger partial charge >= 0.3 is 0 Å². The van der Waals surface area contributed by atoms with Crippen molar-refractivity contribution in [2.45, 2.75) is 32.7 Å². The van der Waals surface area contributed by atoms with Gasteiger partial charge in [0.15, 0.2) is 0 Å². The van der Waals surface area contributed by atoms with E-state index in [-0.39, 0.29) is 0 Å². The second-order valence-corrected chi connectivity index (χ2v) is 2.69. The van der Waals surface area contributed by atoms with E-state index < -0.39 is 0 Å². The van der Waals surface area contributed by atoms with Gasteiger partial charge in [-0.25, -0.2) is 0 Å². The summed E-state index contributed by atoms with van der Waals surface area (Å²) in [7, 11) is 2.06.